The largest absolute Gasteiger partial charge is 0.493 e. The summed E-state index contributed by atoms with van der Waals surface area (Å²) in [6, 6.07) is 29.0. The van der Waals surface area contributed by atoms with Crippen LogP contribution in [-0.2, 0) is 13.2 Å². The molecular weight excluding hydrogens is 975 g/mol. The van der Waals surface area contributed by atoms with Crippen molar-refractivity contribution < 1.29 is 48.7 Å². The van der Waals surface area contributed by atoms with Crippen LogP contribution in [0.4, 0.5) is 23.3 Å². The first-order valence-electron chi connectivity index (χ1n) is 22.4. The minimum absolute atomic E-state index is 0.106. The van der Waals surface area contributed by atoms with E-state index in [0.29, 0.717) is 74.6 Å². The van der Waals surface area contributed by atoms with Crippen LogP contribution < -0.4 is 44.5 Å². The molecule has 0 radical (unpaired) electrons. The molecule has 6 aromatic heterocycles. The third-order valence-corrected chi connectivity index (χ3v) is 11.4. The van der Waals surface area contributed by atoms with Crippen LogP contribution in [-0.4, -0.2) is 118 Å². The van der Waals surface area contributed by atoms with Gasteiger partial charge in [0, 0.05) is 42.2 Å². The first kappa shape index (κ1) is 51.5. The van der Waals surface area contributed by atoms with E-state index < -0.39 is 7.12 Å². The summed E-state index contributed by atoms with van der Waals surface area (Å²) < 4.78 is 39.6. The fraction of sp³-hybridized carbons (Fsp3) is 0.160. The lowest BCUT2D eigenvalue weighted by Crippen LogP contribution is -2.32. The molecule has 0 aliphatic heterocycles. The predicted octanol–water partition coefficient (Wildman–Crippen LogP) is 6.04. The Kier molecular flexibility index (Phi) is 16.4. The topological polar surface area (TPSA) is 256 Å². The molecule has 10 aromatic rings. The van der Waals surface area contributed by atoms with Gasteiger partial charge in [0.2, 0.25) is 16.8 Å². The number of benzene rings is 4. The molecular formula is C50H50BClN12O10. The number of hydrogen-bond donors (Lipinski definition) is 6. The summed E-state index contributed by atoms with van der Waals surface area (Å²) in [7, 11) is 7.93. The maximum Gasteiger partial charge on any atom is 0.488 e. The molecule has 0 unspecified atom stereocenters. The van der Waals surface area contributed by atoms with E-state index in [2.05, 4.69) is 35.8 Å². The van der Waals surface area contributed by atoms with Gasteiger partial charge < -0.3 is 68.5 Å². The first-order chi connectivity index (χ1) is 36.0. The van der Waals surface area contributed by atoms with Crippen molar-refractivity contribution in [3.8, 4) is 57.3 Å². The van der Waals surface area contributed by atoms with Crippen LogP contribution in [0, 0.1) is 0 Å². The lowest BCUT2D eigenvalue weighted by Gasteiger charge is -2.14. The summed E-state index contributed by atoms with van der Waals surface area (Å²) in [5.41, 5.74) is 5.56. The van der Waals surface area contributed by atoms with Gasteiger partial charge in [-0.2, -0.15) is 4.98 Å². The van der Waals surface area contributed by atoms with Crippen molar-refractivity contribution in [2.45, 2.75) is 13.2 Å². The molecule has 0 bridgehead atoms. The second-order valence-corrected chi connectivity index (χ2v) is 15.9. The molecule has 0 aliphatic carbocycles. The zero-order valence-corrected chi connectivity index (χ0v) is 41.5. The fourth-order valence-electron chi connectivity index (χ4n) is 7.68. The molecule has 24 heteroatoms. The van der Waals surface area contributed by atoms with E-state index >= 15 is 0 Å². The Morgan fingerprint density at radius 1 is 0.554 bits per heavy atom. The summed E-state index contributed by atoms with van der Waals surface area (Å²) in [5.74, 6) is 6.05. The summed E-state index contributed by atoms with van der Waals surface area (Å²) in [4.78, 5) is 17.9. The molecule has 0 fully saturated rings. The smallest absolute Gasteiger partial charge is 0.488 e. The van der Waals surface area contributed by atoms with Crippen molar-refractivity contribution >= 4 is 58.5 Å². The van der Waals surface area contributed by atoms with Crippen molar-refractivity contribution in [1.29, 1.82) is 0 Å². The number of fused-ring (bicyclic) bond motifs is 2. The van der Waals surface area contributed by atoms with E-state index in [0.717, 1.165) is 33.5 Å². The highest BCUT2D eigenvalue weighted by Gasteiger charge is 2.19. The number of aliphatic hydroxyl groups is 2. The lowest BCUT2D eigenvalue weighted by molar-refractivity contribution is 0.282. The molecule has 0 aliphatic rings. The maximum atomic E-state index is 9.76. The number of aromatic nitrogens is 10. The Hall–Kier alpha value is -8.87. The SMILES string of the molecule is COc1cc(-n2cnc(Nc3nc(-c4ccccc4CO)nn4cccc34)c2)cc(OC)c1OC.COc1cc(-n2cnc(Nc3nc(Cl)nn4cccc34)c2)cc(OC)c1OC.OCc1ccccc1B(O)O. The van der Waals surface area contributed by atoms with Gasteiger partial charge in [-0.05, 0) is 52.5 Å². The van der Waals surface area contributed by atoms with Crippen LogP contribution in [0.15, 0.2) is 135 Å². The molecule has 6 N–H and O–H groups in total. The monoisotopic (exact) mass is 1020 g/mol. The number of methoxy groups -OCH3 is 6. The molecule has 0 amide bonds. The molecule has 0 saturated heterocycles. The Morgan fingerprint density at radius 3 is 1.47 bits per heavy atom. The summed E-state index contributed by atoms with van der Waals surface area (Å²) >= 11 is 6.00. The number of anilines is 4. The number of halogens is 1. The Balaban J connectivity index is 0.000000166. The van der Waals surface area contributed by atoms with Crippen molar-refractivity contribution in [3.63, 3.8) is 0 Å². The standard InChI is InChI=1S/C25H24N6O4.C18H17ClN6O3.C7H9BO3/c1-33-20-11-17(12-21(34-2)23(20)35-3)30-13-22(26-15-30)27-25-19-9-6-10-31(19)29-24(28-25)18-8-5-4-7-16(18)14-32;1-26-13-7-11(8-14(27-2)16(13)28-3)24-9-15(20-10-24)21-17-12-5-4-6-25(12)23-18(19)22-17;9-5-6-3-1-2-4-7(6)8(10)11/h4-13,15,32H,14H2,1-3H3,(H,27,28,29);4-10H,1-3H3,(H,21,22,23);1-4,9-11H,5H2. The van der Waals surface area contributed by atoms with Crippen LogP contribution in [0.5, 0.6) is 34.5 Å². The first-order valence-corrected chi connectivity index (χ1v) is 22.7. The lowest BCUT2D eigenvalue weighted by atomic mass is 9.77. The van der Waals surface area contributed by atoms with Gasteiger partial charge in [0.25, 0.3) is 0 Å². The summed E-state index contributed by atoms with van der Waals surface area (Å²) in [6.45, 7) is -0.279. The van der Waals surface area contributed by atoms with E-state index in [1.807, 2.05) is 101 Å². The predicted molar refractivity (Wildman–Crippen MR) is 278 cm³/mol. The van der Waals surface area contributed by atoms with Crippen LogP contribution in [0.25, 0.3) is 33.8 Å². The Bertz CT molecular complexity index is 3460. The average molecular weight is 1030 g/mol. The number of imidazole rings is 2. The van der Waals surface area contributed by atoms with Crippen molar-refractivity contribution in [2.24, 2.45) is 0 Å². The minimum atomic E-state index is -1.50. The Morgan fingerprint density at radius 2 is 1.01 bits per heavy atom. The number of nitrogens with zero attached hydrogens (tertiary/aromatic N) is 10. The van der Waals surface area contributed by atoms with Crippen LogP contribution in [0.3, 0.4) is 0 Å². The fourth-order valence-corrected chi connectivity index (χ4v) is 7.85. The second-order valence-electron chi connectivity index (χ2n) is 15.6. The summed E-state index contributed by atoms with van der Waals surface area (Å²) in [5, 5.41) is 51.4. The van der Waals surface area contributed by atoms with Gasteiger partial charge in [-0.15, -0.1) is 10.2 Å². The van der Waals surface area contributed by atoms with E-state index in [4.69, 9.17) is 60.2 Å². The van der Waals surface area contributed by atoms with Gasteiger partial charge in [0.15, 0.2) is 40.5 Å². The highest BCUT2D eigenvalue weighted by Crippen LogP contribution is 2.41. The number of nitrogens with one attached hydrogen (secondary N) is 2. The van der Waals surface area contributed by atoms with E-state index in [1.54, 1.807) is 94.8 Å². The number of hydrogen-bond acceptors (Lipinski definition) is 18. The number of ether oxygens (including phenoxy) is 6. The zero-order valence-electron chi connectivity index (χ0n) is 40.8. The van der Waals surface area contributed by atoms with Crippen molar-refractivity contribution in [2.75, 3.05) is 53.3 Å². The van der Waals surface area contributed by atoms with E-state index in [9.17, 15) is 5.11 Å². The molecule has 10 rings (SSSR count). The molecule has 74 heavy (non-hydrogen) atoms. The highest BCUT2D eigenvalue weighted by atomic mass is 35.5. The van der Waals surface area contributed by atoms with Gasteiger partial charge in [-0.3, -0.25) is 0 Å². The third kappa shape index (κ3) is 11.3. The maximum absolute atomic E-state index is 9.76. The van der Waals surface area contributed by atoms with Gasteiger partial charge >= 0.3 is 7.12 Å². The van der Waals surface area contributed by atoms with Crippen LogP contribution >= 0.6 is 11.6 Å². The van der Waals surface area contributed by atoms with Gasteiger partial charge in [0.1, 0.15) is 35.3 Å². The molecule has 22 nitrogen and oxygen atoms in total. The van der Waals surface area contributed by atoms with Crippen molar-refractivity contribution in [1.82, 2.24) is 48.3 Å². The molecule has 0 saturated carbocycles. The average Bonchev–Trinajstić information content (AvgIpc) is 4.29. The van der Waals surface area contributed by atoms with E-state index in [1.165, 1.54) is 0 Å². The Labute approximate surface area is 428 Å². The van der Waals surface area contributed by atoms with Gasteiger partial charge in [-0.25, -0.2) is 24.0 Å². The summed E-state index contributed by atoms with van der Waals surface area (Å²) in [6.07, 6.45) is 10.6. The van der Waals surface area contributed by atoms with Gasteiger partial charge in [-0.1, -0.05) is 48.5 Å². The molecule has 380 valence electrons. The van der Waals surface area contributed by atoms with Crippen LogP contribution in [0.2, 0.25) is 5.28 Å². The second kappa shape index (κ2) is 23.6. The number of aliphatic hydroxyl groups excluding tert-OH is 2. The van der Waals surface area contributed by atoms with Gasteiger partial charge in [0.05, 0.1) is 79.6 Å². The zero-order chi connectivity index (χ0) is 52.3. The van der Waals surface area contributed by atoms with Crippen molar-refractivity contribution in [3.05, 3.63) is 151 Å². The molecule has 0 spiro atoms. The van der Waals surface area contributed by atoms with Crippen LogP contribution in [0.1, 0.15) is 11.1 Å². The third-order valence-electron chi connectivity index (χ3n) is 11.2. The number of rotatable bonds is 16. The quantitative estimate of drug-likeness (QED) is 0.0603. The molecule has 4 aromatic carbocycles. The minimum Gasteiger partial charge on any atom is -0.493 e. The molecule has 6 heterocycles. The normalized spacial score (nSPS) is 10.7. The highest BCUT2D eigenvalue weighted by molar-refractivity contribution is 6.59. The van der Waals surface area contributed by atoms with E-state index in [-0.39, 0.29) is 18.5 Å². The molecule has 0 atom stereocenters.